The van der Waals surface area contributed by atoms with Gasteiger partial charge in [0.25, 0.3) is 0 Å². The monoisotopic (exact) mass is 828 g/mol. The molecule has 2 atom stereocenters. The molecule has 3 N–H and O–H groups in total. The number of methoxy groups -OCH3 is 2. The lowest BCUT2D eigenvalue weighted by atomic mass is 9.84. The Balaban J connectivity index is 1.33. The Morgan fingerprint density at radius 3 is 2.19 bits per heavy atom. The first-order valence-electron chi connectivity index (χ1n) is 20.6. The fourth-order valence-corrected chi connectivity index (χ4v) is 9.65. The highest BCUT2D eigenvalue weighted by molar-refractivity contribution is 6.76. The van der Waals surface area contributed by atoms with Gasteiger partial charge in [-0.3, -0.25) is 14.6 Å². The van der Waals surface area contributed by atoms with Gasteiger partial charge in [0.1, 0.15) is 12.6 Å². The normalized spacial score (nSPS) is 17.5. The zero-order valence-corrected chi connectivity index (χ0v) is 37.1. The van der Waals surface area contributed by atoms with Crippen LogP contribution in [-0.4, -0.2) is 91.4 Å². The number of amides is 4. The first-order valence-corrected chi connectivity index (χ1v) is 24.3. The minimum atomic E-state index is -1.75. The number of rotatable bonds is 14. The molecule has 3 aliphatic rings. The Labute approximate surface area is 349 Å². The molecule has 0 aromatic carbocycles. The van der Waals surface area contributed by atoms with E-state index in [1.807, 2.05) is 50.0 Å². The Morgan fingerprint density at radius 1 is 0.983 bits per heavy atom. The lowest BCUT2D eigenvalue weighted by molar-refractivity contribution is -0.134. The first-order chi connectivity index (χ1) is 28.0. The molecule has 2 aromatic heterocycles. The molecule has 0 radical (unpaired) electrons. The number of allylic oxidation sites excluding steroid dienone is 9. The van der Waals surface area contributed by atoms with Gasteiger partial charge in [-0.15, -0.1) is 0 Å². The van der Waals surface area contributed by atoms with E-state index in [-0.39, 0.29) is 30.3 Å². The second kappa shape index (κ2) is 19.7. The number of aryl methyl sites for hydroxylation is 1. The van der Waals surface area contributed by atoms with Gasteiger partial charge < -0.3 is 34.9 Å². The third-order valence-corrected chi connectivity index (χ3v) is 12.3. The molecule has 1 saturated heterocycles. The van der Waals surface area contributed by atoms with E-state index in [0.717, 1.165) is 53.8 Å². The molecule has 59 heavy (non-hydrogen) atoms. The van der Waals surface area contributed by atoms with Gasteiger partial charge in [0.2, 0.25) is 11.8 Å². The van der Waals surface area contributed by atoms with Crippen molar-refractivity contribution in [3.63, 3.8) is 0 Å². The van der Waals surface area contributed by atoms with Crippen LogP contribution < -0.4 is 10.6 Å². The number of aromatic amines is 1. The maximum absolute atomic E-state index is 15.4. The van der Waals surface area contributed by atoms with E-state index in [4.69, 9.17) is 9.72 Å². The van der Waals surface area contributed by atoms with Gasteiger partial charge in [-0.1, -0.05) is 63.9 Å². The molecular formula is C45H61FN6O6Si. The highest BCUT2D eigenvalue weighted by atomic mass is 28.3. The van der Waals surface area contributed by atoms with Crippen LogP contribution >= 0.6 is 0 Å². The quantitative estimate of drug-likeness (QED) is 0.162. The number of ether oxygens (including phenoxy) is 2. The van der Waals surface area contributed by atoms with Crippen LogP contribution in [0.5, 0.6) is 0 Å². The number of carbonyl (C=O) groups is 4. The fourth-order valence-electron chi connectivity index (χ4n) is 8.23. The number of aromatic nitrogens is 2. The maximum Gasteiger partial charge on any atom is 0.407 e. The van der Waals surface area contributed by atoms with Crippen LogP contribution in [0.2, 0.25) is 19.6 Å². The van der Waals surface area contributed by atoms with E-state index in [0.29, 0.717) is 43.4 Å². The van der Waals surface area contributed by atoms with Crippen LogP contribution in [0.1, 0.15) is 99.1 Å². The first kappa shape index (κ1) is 44.9. The summed E-state index contributed by atoms with van der Waals surface area (Å²) in [4.78, 5) is 62.1. The third kappa shape index (κ3) is 11.3. The summed E-state index contributed by atoms with van der Waals surface area (Å²) in [7, 11) is 0.789. The largest absolute Gasteiger partial charge is 0.453 e. The minimum absolute atomic E-state index is 0.131. The topological polar surface area (TPSA) is 146 Å². The van der Waals surface area contributed by atoms with Gasteiger partial charge >= 0.3 is 12.2 Å². The van der Waals surface area contributed by atoms with Crippen LogP contribution in [0.3, 0.4) is 0 Å². The van der Waals surface area contributed by atoms with Crippen LogP contribution in [-0.2, 0) is 25.6 Å². The van der Waals surface area contributed by atoms with Gasteiger partial charge in [0, 0.05) is 29.5 Å². The van der Waals surface area contributed by atoms with Crippen molar-refractivity contribution in [3.8, 4) is 0 Å². The molecule has 2 unspecified atom stereocenters. The number of pyridine rings is 1. The SMILES string of the molecule is C/C=C\c1nc(CN(C[Si](C)(C)C)C(=O)C(NC(=O)OC)C(C)C)cc(C)c1C1=CC=C(C2=CC=C(c3cc(C4CCCN4C(=O)CNC(=O)OC)[nH]c3F)CC2)CC1. The Kier molecular flexibility index (Phi) is 15.0. The summed E-state index contributed by atoms with van der Waals surface area (Å²) in [5.41, 5.74) is 9.62. The van der Waals surface area contributed by atoms with Crippen molar-refractivity contribution in [2.45, 2.75) is 104 Å². The van der Waals surface area contributed by atoms with Gasteiger partial charge in [0.05, 0.1) is 46.3 Å². The van der Waals surface area contributed by atoms with Crippen molar-refractivity contribution in [1.82, 2.24) is 30.4 Å². The molecule has 1 fully saturated rings. The van der Waals surface area contributed by atoms with E-state index in [1.54, 1.807) is 4.90 Å². The molecule has 4 amide bonds. The average Bonchev–Trinajstić information content (AvgIpc) is 3.85. The second-order valence-electron chi connectivity index (χ2n) is 17.1. The summed E-state index contributed by atoms with van der Waals surface area (Å²) >= 11 is 0. The van der Waals surface area contributed by atoms with Crippen molar-refractivity contribution >= 4 is 49.3 Å². The summed E-state index contributed by atoms with van der Waals surface area (Å²) < 4.78 is 24.8. The highest BCUT2D eigenvalue weighted by Crippen LogP contribution is 2.39. The smallest absolute Gasteiger partial charge is 0.407 e. The zero-order valence-electron chi connectivity index (χ0n) is 36.1. The Morgan fingerprint density at radius 2 is 1.61 bits per heavy atom. The van der Waals surface area contributed by atoms with Crippen molar-refractivity contribution in [3.05, 3.63) is 93.4 Å². The number of nitrogens with zero attached hydrogens (tertiary/aromatic N) is 3. The van der Waals surface area contributed by atoms with Crippen molar-refractivity contribution in [1.29, 1.82) is 0 Å². The number of likely N-dealkylation sites (tertiary alicyclic amines) is 1. The number of hydrogen-bond donors (Lipinski definition) is 3. The van der Waals surface area contributed by atoms with E-state index in [2.05, 4.69) is 71.2 Å². The number of halogens is 1. The van der Waals surface area contributed by atoms with E-state index in [9.17, 15) is 19.2 Å². The summed E-state index contributed by atoms with van der Waals surface area (Å²) in [6.07, 6.45) is 16.5. The van der Waals surface area contributed by atoms with Crippen LogP contribution in [0.4, 0.5) is 14.0 Å². The molecule has 5 rings (SSSR count). The predicted octanol–water partition coefficient (Wildman–Crippen LogP) is 8.40. The molecule has 3 heterocycles. The third-order valence-electron chi connectivity index (χ3n) is 11.0. The lowest BCUT2D eigenvalue weighted by Gasteiger charge is -2.33. The standard InChI is InChI=1S/C45H61FN6O6Si/c1-10-12-36-40(29(4)23-34(48-36)26-51(27-59(7,8)9)43(54)41(28(2)3)50-45(56)58-6)33-20-16-31(17-21-33)30-14-18-32(19-15-30)35-24-37(49-42(35)46)38-13-11-22-52(38)39(53)25-47-44(55)57-5/h10,12,14,16,18,20,23-24,28,38,41,49H,11,13,15,17,19,21-22,25-27H2,1-9H3,(H,47,55)(H,50,56)/b12-10-. The van der Waals surface area contributed by atoms with E-state index >= 15 is 4.39 Å². The number of H-pyrrole nitrogens is 1. The number of hydrogen-bond acceptors (Lipinski definition) is 7. The highest BCUT2D eigenvalue weighted by Gasteiger charge is 2.34. The molecule has 2 aromatic rings. The van der Waals surface area contributed by atoms with Crippen LogP contribution in [0.25, 0.3) is 17.2 Å². The van der Waals surface area contributed by atoms with Gasteiger partial charge in [-0.25, -0.2) is 9.59 Å². The second-order valence-corrected chi connectivity index (χ2v) is 22.6. The van der Waals surface area contributed by atoms with Crippen molar-refractivity contribution in [2.24, 2.45) is 5.92 Å². The maximum atomic E-state index is 15.4. The van der Waals surface area contributed by atoms with E-state index in [1.165, 1.54) is 30.9 Å². The molecule has 318 valence electrons. The molecule has 14 heteroatoms. The summed E-state index contributed by atoms with van der Waals surface area (Å²) in [6, 6.07) is 2.90. The average molecular weight is 829 g/mol. The molecule has 1 aliphatic heterocycles. The van der Waals surface area contributed by atoms with Gasteiger partial charge in [-0.05, 0) is 104 Å². The number of alkyl carbamates (subject to hydrolysis) is 2. The molecule has 12 nitrogen and oxygen atoms in total. The predicted molar refractivity (Wildman–Crippen MR) is 232 cm³/mol. The van der Waals surface area contributed by atoms with Crippen molar-refractivity contribution in [2.75, 3.05) is 33.5 Å². The Hall–Kier alpha value is -5.24. The Bertz CT molecular complexity index is 2080. The number of nitrogens with one attached hydrogen (secondary N) is 3. The lowest BCUT2D eigenvalue weighted by Crippen LogP contribution is -2.54. The van der Waals surface area contributed by atoms with Gasteiger partial charge in [-0.2, -0.15) is 4.39 Å². The number of carbonyl (C=O) groups excluding carboxylic acids is 4. The zero-order chi connectivity index (χ0) is 43.0. The minimum Gasteiger partial charge on any atom is -0.453 e. The summed E-state index contributed by atoms with van der Waals surface area (Å²) in [5.74, 6) is -0.917. The summed E-state index contributed by atoms with van der Waals surface area (Å²) in [6.45, 7) is 15.3. The van der Waals surface area contributed by atoms with Crippen LogP contribution in [0, 0.1) is 18.8 Å². The summed E-state index contributed by atoms with van der Waals surface area (Å²) in [5, 5.41) is 5.19. The van der Waals surface area contributed by atoms with Crippen molar-refractivity contribution < 1.29 is 33.0 Å². The molecular weight excluding hydrogens is 768 g/mol. The van der Waals surface area contributed by atoms with Crippen LogP contribution in [0.15, 0.2) is 53.7 Å². The van der Waals surface area contributed by atoms with E-state index < -0.39 is 32.2 Å². The molecule has 0 saturated carbocycles. The van der Waals surface area contributed by atoms with Gasteiger partial charge in [0.15, 0.2) is 5.95 Å². The fraction of sp³-hybridized carbons (Fsp3) is 0.489. The molecule has 0 spiro atoms. The molecule has 0 bridgehead atoms. The molecule has 2 aliphatic carbocycles.